The van der Waals surface area contributed by atoms with Crippen LogP contribution < -0.4 is 10.5 Å². The molecule has 110 valence electrons. The molecule has 0 spiro atoms. The second-order valence-electron chi connectivity index (χ2n) is 4.56. The number of carbonyl (C=O) groups excluding carboxylic acids is 1. The monoisotopic (exact) mass is 293 g/mol. The Morgan fingerprint density at radius 1 is 1.32 bits per heavy atom. The molecule has 0 aromatic rings. The third-order valence-corrected chi connectivity index (χ3v) is 3.77. The Labute approximate surface area is 112 Å². The summed E-state index contributed by atoms with van der Waals surface area (Å²) >= 11 is 0. The van der Waals surface area contributed by atoms with Crippen LogP contribution in [0.25, 0.3) is 0 Å². The highest BCUT2D eigenvalue weighted by molar-refractivity contribution is 7.89. The van der Waals surface area contributed by atoms with Crippen LogP contribution in [0, 0.1) is 0 Å². The van der Waals surface area contributed by atoms with Gasteiger partial charge in [0.25, 0.3) is 0 Å². The first-order valence-electron chi connectivity index (χ1n) is 6.06. The SMILES string of the molecule is NS(=O)(=O)CCNC(=O)N(CC(=O)O)C1CCCC1. The second-order valence-corrected chi connectivity index (χ2v) is 6.29. The van der Waals surface area contributed by atoms with Gasteiger partial charge in [0.05, 0.1) is 5.75 Å². The molecule has 8 nitrogen and oxygen atoms in total. The maximum Gasteiger partial charge on any atom is 0.323 e. The fraction of sp³-hybridized carbons (Fsp3) is 0.800. The van der Waals surface area contributed by atoms with E-state index in [1.165, 1.54) is 4.90 Å². The predicted molar refractivity (Wildman–Crippen MR) is 68.0 cm³/mol. The number of amides is 2. The van der Waals surface area contributed by atoms with Crippen LogP contribution in [0.1, 0.15) is 25.7 Å². The summed E-state index contributed by atoms with van der Waals surface area (Å²) in [5.41, 5.74) is 0. The molecule has 1 aliphatic rings. The van der Waals surface area contributed by atoms with E-state index >= 15 is 0 Å². The molecule has 1 saturated carbocycles. The molecule has 0 bridgehead atoms. The summed E-state index contributed by atoms with van der Waals surface area (Å²) in [4.78, 5) is 23.9. The third kappa shape index (κ3) is 5.88. The van der Waals surface area contributed by atoms with Gasteiger partial charge in [0.15, 0.2) is 0 Å². The maximum absolute atomic E-state index is 11.9. The number of rotatable bonds is 6. The number of nitrogens with two attached hydrogens (primary N) is 1. The van der Waals surface area contributed by atoms with Gasteiger partial charge < -0.3 is 15.3 Å². The lowest BCUT2D eigenvalue weighted by atomic mass is 10.2. The highest BCUT2D eigenvalue weighted by atomic mass is 32.2. The molecule has 4 N–H and O–H groups in total. The minimum absolute atomic E-state index is 0.0921. The van der Waals surface area contributed by atoms with Crippen LogP contribution in [0.15, 0.2) is 0 Å². The lowest BCUT2D eigenvalue weighted by Crippen LogP contribution is -2.48. The minimum atomic E-state index is -3.64. The molecule has 0 saturated heterocycles. The first-order valence-corrected chi connectivity index (χ1v) is 7.78. The van der Waals surface area contributed by atoms with Crippen molar-refractivity contribution in [2.45, 2.75) is 31.7 Å². The summed E-state index contributed by atoms with van der Waals surface area (Å²) in [7, 11) is -3.64. The molecular weight excluding hydrogens is 274 g/mol. The van der Waals surface area contributed by atoms with E-state index in [2.05, 4.69) is 5.32 Å². The van der Waals surface area contributed by atoms with E-state index in [1.54, 1.807) is 0 Å². The molecule has 0 radical (unpaired) electrons. The first kappa shape index (κ1) is 15.7. The number of aliphatic carboxylic acids is 1. The summed E-state index contributed by atoms with van der Waals surface area (Å²) in [5, 5.41) is 16.0. The van der Waals surface area contributed by atoms with Crippen LogP contribution in [-0.2, 0) is 14.8 Å². The number of urea groups is 1. The quantitative estimate of drug-likeness (QED) is 0.597. The maximum atomic E-state index is 11.9. The standard InChI is InChI=1S/C10H19N3O5S/c11-19(17,18)6-5-12-10(16)13(7-9(14)15)8-3-1-2-4-8/h8H,1-7H2,(H,12,16)(H,14,15)(H2,11,17,18). The normalized spacial score (nSPS) is 16.3. The number of nitrogens with one attached hydrogen (secondary N) is 1. The number of sulfonamides is 1. The minimum Gasteiger partial charge on any atom is -0.480 e. The Balaban J connectivity index is 2.53. The van der Waals surface area contributed by atoms with Crippen molar-refractivity contribution in [1.29, 1.82) is 0 Å². The van der Waals surface area contributed by atoms with Gasteiger partial charge in [0.2, 0.25) is 10.0 Å². The van der Waals surface area contributed by atoms with E-state index in [9.17, 15) is 18.0 Å². The van der Waals surface area contributed by atoms with Crippen LogP contribution in [0.4, 0.5) is 4.79 Å². The average Bonchev–Trinajstić information content (AvgIpc) is 2.76. The zero-order valence-electron chi connectivity index (χ0n) is 10.5. The van der Waals surface area contributed by atoms with E-state index in [4.69, 9.17) is 10.2 Å². The molecule has 0 heterocycles. The molecule has 0 atom stereocenters. The molecule has 0 aliphatic heterocycles. The molecule has 0 unspecified atom stereocenters. The zero-order valence-corrected chi connectivity index (χ0v) is 11.4. The van der Waals surface area contributed by atoms with Crippen molar-refractivity contribution in [2.75, 3.05) is 18.8 Å². The van der Waals surface area contributed by atoms with Crippen LogP contribution in [0.5, 0.6) is 0 Å². The van der Waals surface area contributed by atoms with Crippen molar-refractivity contribution in [3.63, 3.8) is 0 Å². The topological polar surface area (TPSA) is 130 Å². The van der Waals surface area contributed by atoms with Crippen molar-refractivity contribution in [3.8, 4) is 0 Å². The molecular formula is C10H19N3O5S. The summed E-state index contributed by atoms with van der Waals surface area (Å²) in [6.07, 6.45) is 3.47. The van der Waals surface area contributed by atoms with Crippen LogP contribution in [-0.4, -0.2) is 55.3 Å². The van der Waals surface area contributed by atoms with E-state index in [-0.39, 0.29) is 24.9 Å². The number of nitrogens with zero attached hydrogens (tertiary/aromatic N) is 1. The number of carboxylic acid groups (broad SMARTS) is 1. The van der Waals surface area contributed by atoms with Crippen molar-refractivity contribution in [3.05, 3.63) is 0 Å². The number of primary sulfonamides is 1. The Kier molecular flexibility index (Phi) is 5.55. The van der Waals surface area contributed by atoms with E-state index < -0.39 is 22.0 Å². The second kappa shape index (κ2) is 6.71. The molecule has 19 heavy (non-hydrogen) atoms. The largest absolute Gasteiger partial charge is 0.480 e. The molecule has 1 rings (SSSR count). The fourth-order valence-corrected chi connectivity index (χ4v) is 2.52. The van der Waals surface area contributed by atoms with E-state index in [1.807, 2.05) is 0 Å². The molecule has 2 amide bonds. The van der Waals surface area contributed by atoms with E-state index in [0.717, 1.165) is 25.7 Å². The van der Waals surface area contributed by atoms with Crippen LogP contribution >= 0.6 is 0 Å². The fourth-order valence-electron chi connectivity index (χ4n) is 2.13. The Morgan fingerprint density at radius 3 is 2.37 bits per heavy atom. The van der Waals surface area contributed by atoms with Crippen molar-refractivity contribution < 1.29 is 23.1 Å². The van der Waals surface area contributed by atoms with Crippen molar-refractivity contribution in [1.82, 2.24) is 10.2 Å². The van der Waals surface area contributed by atoms with Gasteiger partial charge in [-0.15, -0.1) is 0 Å². The lowest BCUT2D eigenvalue weighted by molar-refractivity contribution is -0.138. The van der Waals surface area contributed by atoms with Gasteiger partial charge in [-0.25, -0.2) is 18.4 Å². The van der Waals surface area contributed by atoms with Gasteiger partial charge in [-0.05, 0) is 12.8 Å². The van der Waals surface area contributed by atoms with Gasteiger partial charge in [0.1, 0.15) is 6.54 Å². The Morgan fingerprint density at radius 2 is 1.89 bits per heavy atom. The zero-order chi connectivity index (χ0) is 14.5. The van der Waals surface area contributed by atoms with E-state index in [0.29, 0.717) is 0 Å². The number of carbonyl (C=O) groups is 2. The smallest absolute Gasteiger partial charge is 0.323 e. The first-order chi connectivity index (χ1) is 8.79. The van der Waals surface area contributed by atoms with Gasteiger partial charge in [-0.1, -0.05) is 12.8 Å². The Hall–Kier alpha value is -1.35. The summed E-state index contributed by atoms with van der Waals surface area (Å²) in [6.45, 7) is -0.508. The van der Waals surface area contributed by atoms with Gasteiger partial charge in [-0.3, -0.25) is 4.79 Å². The van der Waals surface area contributed by atoms with Gasteiger partial charge in [0, 0.05) is 12.6 Å². The average molecular weight is 293 g/mol. The van der Waals surface area contributed by atoms with Gasteiger partial charge in [-0.2, -0.15) is 0 Å². The summed E-state index contributed by atoms with van der Waals surface area (Å²) in [6, 6.07) is -0.650. The Bertz CT molecular complexity index is 430. The highest BCUT2D eigenvalue weighted by Crippen LogP contribution is 2.23. The highest BCUT2D eigenvalue weighted by Gasteiger charge is 2.28. The molecule has 1 aliphatic carbocycles. The van der Waals surface area contributed by atoms with Crippen molar-refractivity contribution in [2.24, 2.45) is 5.14 Å². The molecule has 0 aromatic heterocycles. The summed E-state index contributed by atoms with van der Waals surface area (Å²) in [5.74, 6) is -1.46. The summed E-state index contributed by atoms with van der Waals surface area (Å²) < 4.78 is 21.5. The van der Waals surface area contributed by atoms with Gasteiger partial charge >= 0.3 is 12.0 Å². The third-order valence-electron chi connectivity index (χ3n) is 2.99. The lowest BCUT2D eigenvalue weighted by Gasteiger charge is -2.27. The molecule has 9 heteroatoms. The molecule has 1 fully saturated rings. The van der Waals surface area contributed by atoms with Crippen molar-refractivity contribution >= 4 is 22.0 Å². The predicted octanol–water partition coefficient (Wildman–Crippen LogP) is -0.686. The number of hydrogen-bond donors (Lipinski definition) is 3. The number of carboxylic acids is 1. The van der Waals surface area contributed by atoms with Crippen LogP contribution in [0.3, 0.4) is 0 Å². The van der Waals surface area contributed by atoms with Crippen LogP contribution in [0.2, 0.25) is 0 Å². The molecule has 0 aromatic carbocycles. The number of hydrogen-bond acceptors (Lipinski definition) is 4.